The molecule has 0 saturated carbocycles. The number of carbonyl (C=O) groups is 1. The van der Waals surface area contributed by atoms with Crippen LogP contribution in [-0.4, -0.2) is 43.2 Å². The van der Waals surface area contributed by atoms with Crippen molar-refractivity contribution in [3.05, 3.63) is 0 Å². The van der Waals surface area contributed by atoms with Gasteiger partial charge in [0.05, 0.1) is 13.2 Å². The van der Waals surface area contributed by atoms with E-state index in [4.69, 9.17) is 10.5 Å². The number of ether oxygens (including phenoxy) is 1. The largest absolute Gasteiger partial charge is 0.361 e. The zero-order chi connectivity index (χ0) is 8.27. The van der Waals surface area contributed by atoms with E-state index in [1.165, 1.54) is 0 Å². The lowest BCUT2D eigenvalue weighted by Gasteiger charge is -2.29. The van der Waals surface area contributed by atoms with Gasteiger partial charge in [-0.05, 0) is 6.92 Å². The Bertz CT molecular complexity index is 154. The first-order valence-corrected chi connectivity index (χ1v) is 3.77. The molecule has 0 bridgehead atoms. The fraction of sp³-hybridized carbons (Fsp3) is 0.857. The number of nitrogens with two attached hydrogens (primary N) is 1. The van der Waals surface area contributed by atoms with E-state index in [-0.39, 0.29) is 24.4 Å². The number of hydrogen-bond acceptors (Lipinski definition) is 4. The fourth-order valence-electron chi connectivity index (χ4n) is 1.19. The maximum Gasteiger partial charge on any atom is 0.143 e. The summed E-state index contributed by atoms with van der Waals surface area (Å²) in [6, 6.07) is 0. The molecule has 4 nitrogen and oxygen atoms in total. The summed E-state index contributed by atoms with van der Waals surface area (Å²) in [5.74, 6) is 0.180. The van der Waals surface area contributed by atoms with Crippen LogP contribution in [0.4, 0.5) is 0 Å². The summed E-state index contributed by atoms with van der Waals surface area (Å²) in [5.41, 5.74) is 5.53. The molecule has 0 aromatic rings. The van der Waals surface area contributed by atoms with Crippen molar-refractivity contribution < 1.29 is 9.53 Å². The molecule has 0 aromatic heterocycles. The SMILES string of the molecule is CC(=O)CN1CCOC(N)C1.Cl. The predicted molar refractivity (Wildman–Crippen MR) is 48.3 cm³/mol. The highest BCUT2D eigenvalue weighted by Crippen LogP contribution is 1.99. The molecule has 0 radical (unpaired) electrons. The van der Waals surface area contributed by atoms with Crippen LogP contribution in [0, 0.1) is 0 Å². The molecule has 0 aromatic carbocycles. The van der Waals surface area contributed by atoms with Crippen LogP contribution in [0.5, 0.6) is 0 Å². The number of morpholine rings is 1. The topological polar surface area (TPSA) is 55.6 Å². The van der Waals surface area contributed by atoms with Crippen LogP contribution in [0.1, 0.15) is 6.92 Å². The van der Waals surface area contributed by atoms with Crippen LogP contribution in [-0.2, 0) is 9.53 Å². The lowest BCUT2D eigenvalue weighted by Crippen LogP contribution is -2.47. The minimum absolute atomic E-state index is 0. The third-order valence-electron chi connectivity index (χ3n) is 1.62. The first-order valence-electron chi connectivity index (χ1n) is 3.77. The zero-order valence-electron chi connectivity index (χ0n) is 7.16. The molecule has 2 N–H and O–H groups in total. The molecular formula is C7H15ClN2O2. The van der Waals surface area contributed by atoms with Crippen molar-refractivity contribution in [2.75, 3.05) is 26.2 Å². The number of carbonyl (C=O) groups excluding carboxylic acids is 1. The van der Waals surface area contributed by atoms with E-state index in [2.05, 4.69) is 0 Å². The summed E-state index contributed by atoms with van der Waals surface area (Å²) >= 11 is 0. The lowest BCUT2D eigenvalue weighted by atomic mass is 10.3. The molecule has 1 rings (SSSR count). The maximum atomic E-state index is 10.7. The number of Topliss-reactive ketones (excluding diaryl/α,β-unsaturated/α-hetero) is 1. The van der Waals surface area contributed by atoms with E-state index in [9.17, 15) is 4.79 Å². The second kappa shape index (κ2) is 5.48. The van der Waals surface area contributed by atoms with Crippen LogP contribution in [0.25, 0.3) is 0 Å². The number of ketones is 1. The number of nitrogens with zero attached hydrogens (tertiary/aromatic N) is 1. The third kappa shape index (κ3) is 4.01. The van der Waals surface area contributed by atoms with E-state index in [0.29, 0.717) is 19.7 Å². The van der Waals surface area contributed by atoms with Crippen molar-refractivity contribution in [2.45, 2.75) is 13.2 Å². The van der Waals surface area contributed by atoms with E-state index in [1.807, 2.05) is 4.90 Å². The summed E-state index contributed by atoms with van der Waals surface area (Å²) in [7, 11) is 0. The van der Waals surface area contributed by atoms with Gasteiger partial charge >= 0.3 is 0 Å². The van der Waals surface area contributed by atoms with Crippen LogP contribution < -0.4 is 5.73 Å². The van der Waals surface area contributed by atoms with Crippen LogP contribution in [0.3, 0.4) is 0 Å². The van der Waals surface area contributed by atoms with Crippen molar-refractivity contribution in [1.82, 2.24) is 4.90 Å². The molecule has 1 heterocycles. The number of hydrogen-bond donors (Lipinski definition) is 1. The van der Waals surface area contributed by atoms with Gasteiger partial charge in [0.25, 0.3) is 0 Å². The molecule has 0 spiro atoms. The van der Waals surface area contributed by atoms with Crippen molar-refractivity contribution in [2.24, 2.45) is 5.73 Å². The van der Waals surface area contributed by atoms with Crippen molar-refractivity contribution in [3.63, 3.8) is 0 Å². The Balaban J connectivity index is 0.00000121. The van der Waals surface area contributed by atoms with Crippen LogP contribution in [0.15, 0.2) is 0 Å². The first kappa shape index (κ1) is 11.8. The Kier molecular flexibility index (Phi) is 5.41. The molecule has 72 valence electrons. The van der Waals surface area contributed by atoms with Gasteiger partial charge in [0.15, 0.2) is 0 Å². The average Bonchev–Trinajstić information content (AvgIpc) is 1.85. The first-order chi connectivity index (χ1) is 5.18. The normalized spacial score (nSPS) is 24.7. The Hall–Kier alpha value is -0.160. The summed E-state index contributed by atoms with van der Waals surface area (Å²) in [4.78, 5) is 12.7. The van der Waals surface area contributed by atoms with Gasteiger partial charge in [-0.15, -0.1) is 12.4 Å². The molecule has 0 amide bonds. The second-order valence-corrected chi connectivity index (χ2v) is 2.85. The average molecular weight is 195 g/mol. The van der Waals surface area contributed by atoms with Crippen molar-refractivity contribution in [1.29, 1.82) is 0 Å². The molecule has 0 aliphatic carbocycles. The molecule has 1 saturated heterocycles. The van der Waals surface area contributed by atoms with E-state index in [0.717, 1.165) is 6.54 Å². The quantitative estimate of drug-likeness (QED) is 0.651. The van der Waals surface area contributed by atoms with E-state index >= 15 is 0 Å². The Morgan fingerprint density at radius 1 is 1.75 bits per heavy atom. The van der Waals surface area contributed by atoms with Gasteiger partial charge in [0, 0.05) is 13.1 Å². The van der Waals surface area contributed by atoms with Crippen LogP contribution >= 0.6 is 12.4 Å². The van der Waals surface area contributed by atoms with Crippen molar-refractivity contribution >= 4 is 18.2 Å². The van der Waals surface area contributed by atoms with Crippen LogP contribution in [0.2, 0.25) is 0 Å². The predicted octanol–water partition coefficient (Wildman–Crippen LogP) is -0.386. The van der Waals surface area contributed by atoms with E-state index in [1.54, 1.807) is 6.92 Å². The second-order valence-electron chi connectivity index (χ2n) is 2.85. The van der Waals surface area contributed by atoms with Crippen molar-refractivity contribution in [3.8, 4) is 0 Å². The van der Waals surface area contributed by atoms with Gasteiger partial charge in [-0.3, -0.25) is 9.69 Å². The molecular weight excluding hydrogens is 180 g/mol. The molecule has 5 heteroatoms. The Morgan fingerprint density at radius 2 is 2.42 bits per heavy atom. The minimum Gasteiger partial charge on any atom is -0.361 e. The highest BCUT2D eigenvalue weighted by Gasteiger charge is 2.17. The Labute approximate surface area is 78.5 Å². The summed E-state index contributed by atoms with van der Waals surface area (Å²) in [6.45, 7) is 4.19. The molecule has 1 aliphatic heterocycles. The summed E-state index contributed by atoms with van der Waals surface area (Å²) in [5, 5.41) is 0. The fourth-order valence-corrected chi connectivity index (χ4v) is 1.19. The van der Waals surface area contributed by atoms with E-state index < -0.39 is 0 Å². The summed E-state index contributed by atoms with van der Waals surface area (Å²) in [6.07, 6.45) is -0.219. The molecule has 1 aliphatic rings. The number of halogens is 1. The zero-order valence-corrected chi connectivity index (χ0v) is 7.97. The van der Waals surface area contributed by atoms with Gasteiger partial charge in [-0.1, -0.05) is 0 Å². The smallest absolute Gasteiger partial charge is 0.143 e. The highest BCUT2D eigenvalue weighted by atomic mass is 35.5. The van der Waals surface area contributed by atoms with Gasteiger partial charge in [-0.25, -0.2) is 0 Å². The number of rotatable bonds is 2. The van der Waals surface area contributed by atoms with Gasteiger partial charge in [-0.2, -0.15) is 0 Å². The monoisotopic (exact) mass is 194 g/mol. The summed E-state index contributed by atoms with van der Waals surface area (Å²) < 4.78 is 5.11. The van der Waals surface area contributed by atoms with Gasteiger partial charge < -0.3 is 10.5 Å². The molecule has 1 unspecified atom stereocenters. The molecule has 1 fully saturated rings. The Morgan fingerprint density at radius 3 is 2.92 bits per heavy atom. The maximum absolute atomic E-state index is 10.7. The van der Waals surface area contributed by atoms with Gasteiger partial charge in [0.2, 0.25) is 0 Å². The van der Waals surface area contributed by atoms with Gasteiger partial charge in [0.1, 0.15) is 12.0 Å². The standard InChI is InChI=1S/C7H14N2O2.ClH/c1-6(10)4-9-2-3-11-7(8)5-9;/h7H,2-5,8H2,1H3;1H. The highest BCUT2D eigenvalue weighted by molar-refractivity contribution is 5.85. The molecule has 1 atom stereocenters. The minimum atomic E-state index is -0.219. The molecule has 12 heavy (non-hydrogen) atoms. The third-order valence-corrected chi connectivity index (χ3v) is 1.62. The lowest BCUT2D eigenvalue weighted by molar-refractivity contribution is -0.120.